The Balaban J connectivity index is 2.11. The number of carbonyl (C=O) groups is 2. The van der Waals surface area contributed by atoms with Gasteiger partial charge < -0.3 is 5.11 Å². The first-order valence-electron chi connectivity index (χ1n) is 6.20. The van der Waals surface area contributed by atoms with Crippen LogP contribution in [0.15, 0.2) is 41.5 Å². The van der Waals surface area contributed by atoms with Crippen molar-refractivity contribution in [3.63, 3.8) is 0 Å². The number of carboxylic acids is 1. The molecule has 0 radical (unpaired) electrons. The minimum absolute atomic E-state index is 0.0879. The molecule has 0 aromatic heterocycles. The van der Waals surface area contributed by atoms with Crippen LogP contribution in [0.5, 0.6) is 0 Å². The Morgan fingerprint density at radius 3 is 2.48 bits per heavy atom. The summed E-state index contributed by atoms with van der Waals surface area (Å²) in [5, 5.41) is 12.1. The Morgan fingerprint density at radius 2 is 1.83 bits per heavy atom. The van der Waals surface area contributed by atoms with Gasteiger partial charge in [-0.15, -0.1) is 0 Å². The third-order valence-corrected chi connectivity index (χ3v) is 2.81. The molecule has 0 heterocycles. The zero-order valence-electron chi connectivity index (χ0n) is 11.4. The number of halogens is 3. The average molecular weight is 322 g/mol. The smallest absolute Gasteiger partial charge is 0.335 e. The van der Waals surface area contributed by atoms with E-state index in [-0.39, 0.29) is 11.1 Å². The number of hydrogen-bond donors (Lipinski definition) is 2. The molecule has 2 aromatic carbocycles. The van der Waals surface area contributed by atoms with Crippen molar-refractivity contribution >= 4 is 18.1 Å². The number of hydrazone groups is 1. The summed E-state index contributed by atoms with van der Waals surface area (Å²) in [6.07, 6.45) is 0.913. The predicted molar refractivity (Wildman–Crippen MR) is 74.8 cm³/mol. The van der Waals surface area contributed by atoms with Crippen LogP contribution in [0.4, 0.5) is 13.2 Å². The number of nitrogens with zero attached hydrogens (tertiary/aromatic N) is 1. The van der Waals surface area contributed by atoms with Crippen molar-refractivity contribution in [2.75, 3.05) is 0 Å². The lowest BCUT2D eigenvalue weighted by atomic mass is 10.1. The van der Waals surface area contributed by atoms with Gasteiger partial charge in [-0.05, 0) is 30.3 Å². The van der Waals surface area contributed by atoms with Crippen LogP contribution in [-0.2, 0) is 0 Å². The summed E-state index contributed by atoms with van der Waals surface area (Å²) in [4.78, 5) is 22.3. The van der Waals surface area contributed by atoms with Crippen molar-refractivity contribution in [3.8, 4) is 0 Å². The predicted octanol–water partition coefficient (Wildman–Crippen LogP) is 2.57. The largest absolute Gasteiger partial charge is 0.478 e. The first-order chi connectivity index (χ1) is 10.9. The van der Waals surface area contributed by atoms with Crippen molar-refractivity contribution in [2.24, 2.45) is 5.10 Å². The van der Waals surface area contributed by atoms with Gasteiger partial charge in [-0.25, -0.2) is 23.4 Å². The maximum Gasteiger partial charge on any atom is 0.335 e. The molecule has 0 fully saturated rings. The first kappa shape index (κ1) is 16.2. The molecule has 2 rings (SSSR count). The summed E-state index contributed by atoms with van der Waals surface area (Å²) >= 11 is 0. The summed E-state index contributed by atoms with van der Waals surface area (Å²) < 4.78 is 40.0. The Kier molecular flexibility index (Phi) is 4.75. The van der Waals surface area contributed by atoms with Crippen LogP contribution in [-0.4, -0.2) is 23.2 Å². The van der Waals surface area contributed by atoms with Crippen molar-refractivity contribution in [1.82, 2.24) is 5.43 Å². The molecule has 0 unspecified atom stereocenters. The van der Waals surface area contributed by atoms with E-state index in [0.29, 0.717) is 0 Å². The number of amides is 1. The quantitative estimate of drug-likeness (QED) is 0.671. The van der Waals surface area contributed by atoms with Crippen molar-refractivity contribution in [2.45, 2.75) is 0 Å². The van der Waals surface area contributed by atoms with Crippen LogP contribution in [0, 0.1) is 17.5 Å². The Hall–Kier alpha value is -3.16. The number of benzene rings is 2. The van der Waals surface area contributed by atoms with Gasteiger partial charge in [0.2, 0.25) is 0 Å². The number of carboxylic acid groups (broad SMARTS) is 1. The van der Waals surface area contributed by atoms with Gasteiger partial charge in [0.15, 0.2) is 11.6 Å². The fraction of sp³-hybridized carbons (Fsp3) is 0. The van der Waals surface area contributed by atoms with Crippen LogP contribution < -0.4 is 5.43 Å². The van der Waals surface area contributed by atoms with Gasteiger partial charge in [-0.3, -0.25) is 4.79 Å². The Bertz CT molecular complexity index is 807. The van der Waals surface area contributed by atoms with E-state index >= 15 is 0 Å². The highest BCUT2D eigenvalue weighted by molar-refractivity contribution is 5.95. The van der Waals surface area contributed by atoms with Crippen molar-refractivity contribution < 1.29 is 27.9 Å². The summed E-state index contributed by atoms with van der Waals surface area (Å²) in [5.74, 6) is -5.67. The number of carbonyl (C=O) groups excluding carboxylic acids is 1. The third-order valence-electron chi connectivity index (χ3n) is 2.81. The molecule has 0 bridgehead atoms. The summed E-state index contributed by atoms with van der Waals surface area (Å²) in [6, 6.07) is 6.16. The molecule has 0 spiro atoms. The highest BCUT2D eigenvalue weighted by Crippen LogP contribution is 2.11. The molecule has 0 aliphatic carbocycles. The van der Waals surface area contributed by atoms with Gasteiger partial charge in [-0.1, -0.05) is 6.07 Å². The highest BCUT2D eigenvalue weighted by atomic mass is 19.2. The van der Waals surface area contributed by atoms with Crippen LogP contribution >= 0.6 is 0 Å². The second-order valence-corrected chi connectivity index (χ2v) is 4.34. The van der Waals surface area contributed by atoms with Crippen LogP contribution in [0.2, 0.25) is 0 Å². The maximum atomic E-state index is 13.6. The topological polar surface area (TPSA) is 78.8 Å². The molecular formula is C15H9F3N2O3. The van der Waals surface area contributed by atoms with Gasteiger partial charge in [0, 0.05) is 5.56 Å². The van der Waals surface area contributed by atoms with Gasteiger partial charge in [0.1, 0.15) is 5.82 Å². The van der Waals surface area contributed by atoms with Crippen LogP contribution in [0.1, 0.15) is 26.3 Å². The van der Waals surface area contributed by atoms with Gasteiger partial charge >= 0.3 is 5.97 Å². The van der Waals surface area contributed by atoms with E-state index in [1.54, 1.807) is 0 Å². The minimum atomic E-state index is -1.32. The zero-order chi connectivity index (χ0) is 17.0. The number of aromatic carboxylic acids is 1. The van der Waals surface area contributed by atoms with Crippen molar-refractivity contribution in [3.05, 3.63) is 70.5 Å². The van der Waals surface area contributed by atoms with Crippen LogP contribution in [0.3, 0.4) is 0 Å². The Morgan fingerprint density at radius 1 is 1.09 bits per heavy atom. The number of nitrogens with one attached hydrogen (secondary N) is 1. The van der Waals surface area contributed by atoms with Crippen molar-refractivity contribution in [1.29, 1.82) is 0 Å². The van der Waals surface area contributed by atoms with Gasteiger partial charge in [0.25, 0.3) is 5.91 Å². The molecule has 5 nitrogen and oxygen atoms in total. The van der Waals surface area contributed by atoms with Gasteiger partial charge in [-0.2, -0.15) is 5.10 Å². The van der Waals surface area contributed by atoms with E-state index in [2.05, 4.69) is 5.10 Å². The minimum Gasteiger partial charge on any atom is -0.478 e. The summed E-state index contributed by atoms with van der Waals surface area (Å²) in [7, 11) is 0. The molecule has 2 aromatic rings. The lowest BCUT2D eigenvalue weighted by molar-refractivity contribution is 0.0696. The molecule has 8 heteroatoms. The van der Waals surface area contributed by atoms with E-state index in [1.165, 1.54) is 0 Å². The zero-order valence-corrected chi connectivity index (χ0v) is 11.4. The highest BCUT2D eigenvalue weighted by Gasteiger charge is 2.14. The third kappa shape index (κ3) is 3.73. The summed E-state index contributed by atoms with van der Waals surface area (Å²) in [5.41, 5.74) is 1.04. The van der Waals surface area contributed by atoms with Crippen LogP contribution in [0.25, 0.3) is 0 Å². The maximum absolute atomic E-state index is 13.6. The molecular weight excluding hydrogens is 313 g/mol. The average Bonchev–Trinajstić information content (AvgIpc) is 2.51. The second kappa shape index (κ2) is 6.73. The normalized spacial score (nSPS) is 10.7. The molecule has 0 atom stereocenters. The van der Waals surface area contributed by atoms with E-state index in [0.717, 1.165) is 42.6 Å². The molecule has 23 heavy (non-hydrogen) atoms. The summed E-state index contributed by atoms with van der Waals surface area (Å²) in [6.45, 7) is 0. The fourth-order valence-corrected chi connectivity index (χ4v) is 1.66. The standard InChI is InChI=1S/C15H9F3N2O3/c16-11-3-1-2-10(13(11)18)14(21)20-19-7-9-5-4-8(15(22)23)6-12(9)17/h1-7H,(H,20,21)(H,22,23). The number of hydrogen-bond acceptors (Lipinski definition) is 3. The second-order valence-electron chi connectivity index (χ2n) is 4.34. The fourth-order valence-electron chi connectivity index (χ4n) is 1.66. The molecule has 1 amide bonds. The molecule has 0 saturated heterocycles. The monoisotopic (exact) mass is 322 g/mol. The first-order valence-corrected chi connectivity index (χ1v) is 6.20. The van der Waals surface area contributed by atoms with E-state index in [1.807, 2.05) is 5.43 Å². The van der Waals surface area contributed by atoms with E-state index in [9.17, 15) is 22.8 Å². The molecule has 0 aliphatic heterocycles. The molecule has 2 N–H and O–H groups in total. The Labute approximate surface area is 128 Å². The number of rotatable bonds is 4. The lowest BCUT2D eigenvalue weighted by Crippen LogP contribution is -2.19. The van der Waals surface area contributed by atoms with E-state index < -0.39 is 34.9 Å². The van der Waals surface area contributed by atoms with Gasteiger partial charge in [0.05, 0.1) is 17.3 Å². The SMILES string of the molecule is O=C(O)c1ccc(C=NNC(=O)c2cccc(F)c2F)c(F)c1. The molecule has 0 saturated carbocycles. The van der Waals surface area contributed by atoms with E-state index in [4.69, 9.17) is 5.11 Å². The lowest BCUT2D eigenvalue weighted by Gasteiger charge is -2.02. The molecule has 0 aliphatic rings. The molecule has 118 valence electrons.